The summed E-state index contributed by atoms with van der Waals surface area (Å²) in [7, 11) is 1.31. The van der Waals surface area contributed by atoms with Gasteiger partial charge in [0.2, 0.25) is 0 Å². The van der Waals surface area contributed by atoms with E-state index in [2.05, 4.69) is 20.6 Å². The van der Waals surface area contributed by atoms with Gasteiger partial charge in [0.25, 0.3) is 0 Å². The number of benzene rings is 2. The van der Waals surface area contributed by atoms with Crippen molar-refractivity contribution in [3.05, 3.63) is 90.5 Å². The Kier molecular flexibility index (Phi) is 6.72. The number of anilines is 2. The minimum Gasteiger partial charge on any atom is -0.495 e. The number of hydrogen-bond acceptors (Lipinski definition) is 4. The second-order valence-electron chi connectivity index (χ2n) is 7.69. The molecule has 0 saturated heterocycles. The fraction of sp³-hybridized carbons (Fsp3) is 0.160. The molecule has 4 aromatic rings. The highest BCUT2D eigenvalue weighted by Gasteiger charge is 2.31. The van der Waals surface area contributed by atoms with Gasteiger partial charge >= 0.3 is 12.2 Å². The minimum atomic E-state index is -4.55. The van der Waals surface area contributed by atoms with E-state index in [1.165, 1.54) is 7.11 Å². The summed E-state index contributed by atoms with van der Waals surface area (Å²) in [6.07, 6.45) is 2.42. The SMILES string of the molecule is COc1ccc(C(F)(F)F)cc1NC(=O)Nc1cccc(C(C)n2ccnc2-c2ccncc2)c1. The number of aromatic nitrogens is 3. The number of carbonyl (C=O) groups excluding carboxylic acids is 1. The molecule has 0 aliphatic carbocycles. The normalized spacial score (nSPS) is 12.1. The Morgan fingerprint density at radius 1 is 1.03 bits per heavy atom. The third-order valence-corrected chi connectivity index (χ3v) is 5.43. The molecule has 7 nitrogen and oxygen atoms in total. The number of ether oxygens (including phenoxy) is 1. The Labute approximate surface area is 199 Å². The standard InChI is InChI=1S/C25H22F3N5O2/c1-16(33-13-12-30-23(33)17-8-10-29-11-9-17)18-4-3-5-20(14-18)31-24(34)32-21-15-19(25(26,27)28)6-7-22(21)35-2/h3-16H,1-2H3,(H2,31,32,34). The maximum Gasteiger partial charge on any atom is 0.416 e. The van der Waals surface area contributed by atoms with E-state index in [4.69, 9.17) is 4.74 Å². The van der Waals surface area contributed by atoms with Crippen LogP contribution in [0.2, 0.25) is 0 Å². The van der Waals surface area contributed by atoms with Crippen molar-refractivity contribution in [1.82, 2.24) is 14.5 Å². The number of hydrogen-bond donors (Lipinski definition) is 2. The molecule has 0 saturated carbocycles. The van der Waals surface area contributed by atoms with Crippen molar-refractivity contribution >= 4 is 17.4 Å². The fourth-order valence-electron chi connectivity index (χ4n) is 3.65. The van der Waals surface area contributed by atoms with Crippen LogP contribution in [0.3, 0.4) is 0 Å². The summed E-state index contributed by atoms with van der Waals surface area (Å²) >= 11 is 0. The van der Waals surface area contributed by atoms with Gasteiger partial charge in [0, 0.05) is 36.0 Å². The summed E-state index contributed by atoms with van der Waals surface area (Å²) in [6.45, 7) is 2.00. The number of nitrogens with zero attached hydrogens (tertiary/aromatic N) is 3. The van der Waals surface area contributed by atoms with Crippen LogP contribution in [0.5, 0.6) is 5.75 Å². The van der Waals surface area contributed by atoms with Crippen molar-refractivity contribution in [3.8, 4) is 17.1 Å². The van der Waals surface area contributed by atoms with Gasteiger partial charge < -0.3 is 19.9 Å². The molecule has 2 aromatic carbocycles. The zero-order chi connectivity index (χ0) is 25.0. The van der Waals surface area contributed by atoms with Crippen LogP contribution < -0.4 is 15.4 Å². The average molecular weight is 481 g/mol. The van der Waals surface area contributed by atoms with Gasteiger partial charge in [-0.05, 0) is 55.0 Å². The predicted molar refractivity (Wildman–Crippen MR) is 126 cm³/mol. The number of nitrogens with one attached hydrogen (secondary N) is 2. The number of methoxy groups -OCH3 is 1. The molecule has 4 rings (SSSR count). The zero-order valence-electron chi connectivity index (χ0n) is 18.9. The number of halogens is 3. The summed E-state index contributed by atoms with van der Waals surface area (Å²) in [5.74, 6) is 0.881. The molecular weight excluding hydrogens is 459 g/mol. The second kappa shape index (κ2) is 9.88. The van der Waals surface area contributed by atoms with E-state index >= 15 is 0 Å². The van der Waals surface area contributed by atoms with Crippen molar-refractivity contribution in [2.75, 3.05) is 17.7 Å². The van der Waals surface area contributed by atoms with E-state index in [1.54, 1.807) is 36.8 Å². The van der Waals surface area contributed by atoms with Crippen LogP contribution in [0.25, 0.3) is 11.4 Å². The van der Waals surface area contributed by atoms with Crippen LogP contribution in [0, 0.1) is 0 Å². The minimum absolute atomic E-state index is 0.0928. The molecule has 0 bridgehead atoms. The van der Waals surface area contributed by atoms with Gasteiger partial charge in [-0.15, -0.1) is 0 Å². The van der Waals surface area contributed by atoms with Crippen molar-refractivity contribution in [1.29, 1.82) is 0 Å². The highest BCUT2D eigenvalue weighted by atomic mass is 19.4. The molecule has 10 heteroatoms. The van der Waals surface area contributed by atoms with Gasteiger partial charge in [-0.2, -0.15) is 13.2 Å². The van der Waals surface area contributed by atoms with Crippen LogP contribution in [-0.4, -0.2) is 27.7 Å². The van der Waals surface area contributed by atoms with Gasteiger partial charge in [0.15, 0.2) is 0 Å². The number of imidazole rings is 1. The second-order valence-corrected chi connectivity index (χ2v) is 7.69. The quantitative estimate of drug-likeness (QED) is 0.342. The largest absolute Gasteiger partial charge is 0.495 e. The highest BCUT2D eigenvalue weighted by molar-refractivity contribution is 6.00. The van der Waals surface area contributed by atoms with Gasteiger partial charge in [-0.3, -0.25) is 4.98 Å². The number of urea groups is 1. The molecule has 1 unspecified atom stereocenters. The topological polar surface area (TPSA) is 81.1 Å². The first-order valence-electron chi connectivity index (χ1n) is 10.6. The maximum atomic E-state index is 13.1. The molecule has 2 heterocycles. The van der Waals surface area contributed by atoms with E-state index in [1.807, 2.05) is 35.9 Å². The smallest absolute Gasteiger partial charge is 0.416 e. The van der Waals surface area contributed by atoms with Gasteiger partial charge in [0.1, 0.15) is 11.6 Å². The molecule has 0 aliphatic rings. The van der Waals surface area contributed by atoms with E-state index in [0.29, 0.717) is 5.69 Å². The van der Waals surface area contributed by atoms with Crippen LogP contribution in [0.15, 0.2) is 79.4 Å². The zero-order valence-corrected chi connectivity index (χ0v) is 18.9. The highest BCUT2D eigenvalue weighted by Crippen LogP contribution is 2.35. The Hall–Kier alpha value is -4.34. The fourth-order valence-corrected chi connectivity index (χ4v) is 3.65. The summed E-state index contributed by atoms with van der Waals surface area (Å²) in [6, 6.07) is 13.0. The molecule has 0 radical (unpaired) electrons. The molecule has 2 N–H and O–H groups in total. The number of alkyl halides is 3. The van der Waals surface area contributed by atoms with E-state index in [9.17, 15) is 18.0 Å². The molecular formula is C25H22F3N5O2. The Balaban J connectivity index is 1.52. The van der Waals surface area contributed by atoms with Gasteiger partial charge in [-0.25, -0.2) is 9.78 Å². The molecule has 0 aliphatic heterocycles. The Morgan fingerprint density at radius 2 is 1.80 bits per heavy atom. The lowest BCUT2D eigenvalue weighted by Crippen LogP contribution is -2.20. The molecule has 0 fully saturated rings. The summed E-state index contributed by atoms with van der Waals surface area (Å²) in [5, 5.41) is 5.10. The van der Waals surface area contributed by atoms with Crippen molar-refractivity contribution < 1.29 is 22.7 Å². The first kappa shape index (κ1) is 23.8. The molecule has 35 heavy (non-hydrogen) atoms. The first-order chi connectivity index (χ1) is 16.8. The third-order valence-electron chi connectivity index (χ3n) is 5.43. The van der Waals surface area contributed by atoms with Crippen molar-refractivity contribution in [2.24, 2.45) is 0 Å². The summed E-state index contributed by atoms with van der Waals surface area (Å²) in [4.78, 5) is 21.1. The number of rotatable bonds is 6. The van der Waals surface area contributed by atoms with Crippen LogP contribution >= 0.6 is 0 Å². The van der Waals surface area contributed by atoms with Crippen molar-refractivity contribution in [2.45, 2.75) is 19.1 Å². The van der Waals surface area contributed by atoms with Gasteiger partial charge in [0.05, 0.1) is 24.4 Å². The van der Waals surface area contributed by atoms with Gasteiger partial charge in [-0.1, -0.05) is 12.1 Å². The summed E-state index contributed by atoms with van der Waals surface area (Å²) < 4.78 is 46.3. The Morgan fingerprint density at radius 3 is 2.51 bits per heavy atom. The van der Waals surface area contributed by atoms with E-state index < -0.39 is 17.8 Å². The number of pyridine rings is 1. The average Bonchev–Trinajstić information content (AvgIpc) is 3.33. The number of carbonyl (C=O) groups is 1. The molecule has 2 amide bonds. The monoisotopic (exact) mass is 481 g/mol. The molecule has 2 aromatic heterocycles. The lowest BCUT2D eigenvalue weighted by molar-refractivity contribution is -0.137. The predicted octanol–water partition coefficient (Wildman–Crippen LogP) is 6.23. The third kappa shape index (κ3) is 5.43. The number of amides is 2. The first-order valence-corrected chi connectivity index (χ1v) is 10.6. The molecule has 1 atom stereocenters. The van der Waals surface area contributed by atoms with Crippen LogP contribution in [0.4, 0.5) is 29.3 Å². The van der Waals surface area contributed by atoms with Crippen LogP contribution in [-0.2, 0) is 6.18 Å². The van der Waals surface area contributed by atoms with E-state index in [-0.39, 0.29) is 17.5 Å². The Bertz CT molecular complexity index is 1320. The maximum absolute atomic E-state index is 13.1. The van der Waals surface area contributed by atoms with Crippen LogP contribution in [0.1, 0.15) is 24.1 Å². The van der Waals surface area contributed by atoms with Crippen molar-refractivity contribution in [3.63, 3.8) is 0 Å². The molecule has 0 spiro atoms. The lowest BCUT2D eigenvalue weighted by Gasteiger charge is -2.18. The lowest BCUT2D eigenvalue weighted by atomic mass is 10.1. The van der Waals surface area contributed by atoms with E-state index in [0.717, 1.165) is 35.2 Å². The molecule has 180 valence electrons. The summed E-state index contributed by atoms with van der Waals surface area (Å²) in [5.41, 5.74) is 1.30.